The molecule has 4 nitrogen and oxygen atoms in total. The van der Waals surface area contributed by atoms with E-state index in [0.717, 1.165) is 50.2 Å². The minimum atomic E-state index is -0.433. The fourth-order valence-corrected chi connectivity index (χ4v) is 4.16. The molecule has 1 atom stereocenters. The second-order valence-corrected chi connectivity index (χ2v) is 7.67. The van der Waals surface area contributed by atoms with Gasteiger partial charge >= 0.3 is 0 Å². The van der Waals surface area contributed by atoms with E-state index in [1.165, 1.54) is 17.8 Å². The van der Waals surface area contributed by atoms with Gasteiger partial charge < -0.3 is 10.1 Å². The van der Waals surface area contributed by atoms with Gasteiger partial charge in [-0.15, -0.1) is 0 Å². The standard InChI is InChI=1S/C16H19ClFN3OS2/c17-11-9-12(18)13(20-16(23)21-7-3-2-6-19-21)10-14(11)24-15-5-1-4-8-22-15/h6,9-10,15H,1-5,7-8H2,(H,20,23). The number of hydrogen-bond donors (Lipinski definition) is 1. The van der Waals surface area contributed by atoms with Crippen LogP contribution in [0.25, 0.3) is 0 Å². The fraction of sp³-hybridized carbons (Fsp3) is 0.500. The zero-order valence-electron chi connectivity index (χ0n) is 13.1. The van der Waals surface area contributed by atoms with E-state index >= 15 is 0 Å². The first-order valence-electron chi connectivity index (χ1n) is 8.02. The lowest BCUT2D eigenvalue weighted by Crippen LogP contribution is -2.33. The summed E-state index contributed by atoms with van der Waals surface area (Å²) < 4.78 is 20.0. The zero-order valence-corrected chi connectivity index (χ0v) is 15.5. The Labute approximate surface area is 155 Å². The van der Waals surface area contributed by atoms with Crippen LogP contribution in [0.5, 0.6) is 0 Å². The minimum Gasteiger partial charge on any atom is -0.367 e. The molecule has 2 aliphatic rings. The van der Waals surface area contributed by atoms with Gasteiger partial charge in [-0.3, -0.25) is 0 Å². The van der Waals surface area contributed by atoms with Crippen molar-refractivity contribution in [2.45, 2.75) is 42.4 Å². The topological polar surface area (TPSA) is 36.9 Å². The molecule has 1 N–H and O–H groups in total. The van der Waals surface area contributed by atoms with Crippen LogP contribution in [0, 0.1) is 5.82 Å². The number of benzene rings is 1. The Bertz CT molecular complexity index is 638. The fourth-order valence-electron chi connectivity index (χ4n) is 2.54. The Morgan fingerprint density at radius 2 is 2.29 bits per heavy atom. The number of anilines is 1. The number of ether oxygens (including phenoxy) is 1. The summed E-state index contributed by atoms with van der Waals surface area (Å²) in [4.78, 5) is 0.789. The monoisotopic (exact) mass is 387 g/mol. The molecule has 2 heterocycles. The van der Waals surface area contributed by atoms with Gasteiger partial charge in [0.25, 0.3) is 0 Å². The summed E-state index contributed by atoms with van der Waals surface area (Å²) >= 11 is 13.0. The minimum absolute atomic E-state index is 0.0632. The molecule has 0 radical (unpaired) electrons. The van der Waals surface area contributed by atoms with E-state index in [1.807, 2.05) is 6.21 Å². The highest BCUT2D eigenvalue weighted by atomic mass is 35.5. The number of thioether (sulfide) groups is 1. The average molecular weight is 388 g/mol. The van der Waals surface area contributed by atoms with Crippen LogP contribution < -0.4 is 5.32 Å². The van der Waals surface area contributed by atoms with Crippen molar-refractivity contribution >= 4 is 52.6 Å². The van der Waals surface area contributed by atoms with Gasteiger partial charge in [0.2, 0.25) is 0 Å². The van der Waals surface area contributed by atoms with Gasteiger partial charge in [-0.1, -0.05) is 23.4 Å². The number of rotatable bonds is 3. The van der Waals surface area contributed by atoms with Crippen molar-refractivity contribution in [1.82, 2.24) is 5.01 Å². The van der Waals surface area contributed by atoms with E-state index in [0.29, 0.717) is 15.8 Å². The maximum Gasteiger partial charge on any atom is 0.194 e. The highest BCUT2D eigenvalue weighted by molar-refractivity contribution is 7.99. The van der Waals surface area contributed by atoms with Crippen molar-refractivity contribution in [2.75, 3.05) is 18.5 Å². The molecule has 0 bridgehead atoms. The van der Waals surface area contributed by atoms with Crippen molar-refractivity contribution in [1.29, 1.82) is 0 Å². The number of nitrogens with zero attached hydrogens (tertiary/aromatic N) is 2. The van der Waals surface area contributed by atoms with E-state index < -0.39 is 5.82 Å². The molecule has 24 heavy (non-hydrogen) atoms. The van der Waals surface area contributed by atoms with Gasteiger partial charge in [-0.25, -0.2) is 9.40 Å². The van der Waals surface area contributed by atoms with Gasteiger partial charge in [0.15, 0.2) is 5.11 Å². The van der Waals surface area contributed by atoms with Crippen LogP contribution in [0.3, 0.4) is 0 Å². The molecule has 1 saturated heterocycles. The molecule has 3 rings (SSSR count). The molecule has 1 fully saturated rings. The first kappa shape index (κ1) is 17.9. The molecule has 0 aliphatic carbocycles. The smallest absolute Gasteiger partial charge is 0.194 e. The average Bonchev–Trinajstić information content (AvgIpc) is 2.60. The van der Waals surface area contributed by atoms with E-state index in [4.69, 9.17) is 28.6 Å². The lowest BCUT2D eigenvalue weighted by Gasteiger charge is -2.24. The lowest BCUT2D eigenvalue weighted by molar-refractivity contribution is 0.0728. The maximum atomic E-state index is 14.2. The zero-order chi connectivity index (χ0) is 16.9. The second kappa shape index (κ2) is 8.47. The van der Waals surface area contributed by atoms with Crippen molar-refractivity contribution in [3.63, 3.8) is 0 Å². The Morgan fingerprint density at radius 3 is 3.00 bits per heavy atom. The molecule has 1 unspecified atom stereocenters. The Balaban J connectivity index is 1.72. The first-order valence-corrected chi connectivity index (χ1v) is 9.68. The molecule has 130 valence electrons. The molecule has 2 aliphatic heterocycles. The van der Waals surface area contributed by atoms with E-state index in [1.54, 1.807) is 11.1 Å². The summed E-state index contributed by atoms with van der Waals surface area (Å²) in [6, 6.07) is 3.01. The number of nitrogens with one attached hydrogen (secondary N) is 1. The molecule has 8 heteroatoms. The van der Waals surface area contributed by atoms with Crippen LogP contribution in [-0.4, -0.2) is 34.9 Å². The van der Waals surface area contributed by atoms with E-state index in [-0.39, 0.29) is 5.44 Å². The number of hydrogen-bond acceptors (Lipinski definition) is 4. The summed E-state index contributed by atoms with van der Waals surface area (Å²) in [5.74, 6) is -0.433. The van der Waals surface area contributed by atoms with E-state index in [9.17, 15) is 4.39 Å². The molecular weight excluding hydrogens is 369 g/mol. The molecule has 0 aromatic heterocycles. The van der Waals surface area contributed by atoms with Gasteiger partial charge in [0.05, 0.1) is 10.7 Å². The van der Waals surface area contributed by atoms with Crippen LogP contribution in [0.15, 0.2) is 22.1 Å². The van der Waals surface area contributed by atoms with Gasteiger partial charge in [-0.05, 0) is 56.5 Å². The van der Waals surface area contributed by atoms with Crippen LogP contribution in [0.1, 0.15) is 32.1 Å². The Kier molecular flexibility index (Phi) is 6.32. The molecule has 1 aromatic carbocycles. The number of halogens is 2. The summed E-state index contributed by atoms with van der Waals surface area (Å²) in [6.45, 7) is 1.49. The predicted molar refractivity (Wildman–Crippen MR) is 102 cm³/mol. The van der Waals surface area contributed by atoms with Crippen molar-refractivity contribution in [2.24, 2.45) is 5.10 Å². The van der Waals surface area contributed by atoms with Gasteiger partial charge in [0, 0.05) is 24.3 Å². The summed E-state index contributed by atoms with van der Waals surface area (Å²) in [5.41, 5.74) is 0.372. The quantitative estimate of drug-likeness (QED) is 0.748. The predicted octanol–water partition coefficient (Wildman–Crippen LogP) is 4.88. The van der Waals surface area contributed by atoms with E-state index in [2.05, 4.69) is 10.4 Å². The molecular formula is C16H19ClFN3OS2. The van der Waals surface area contributed by atoms with Crippen molar-refractivity contribution in [3.8, 4) is 0 Å². The van der Waals surface area contributed by atoms with Gasteiger partial charge in [-0.2, -0.15) is 5.10 Å². The molecule has 0 saturated carbocycles. The molecule has 0 spiro atoms. The Morgan fingerprint density at radius 1 is 1.42 bits per heavy atom. The summed E-state index contributed by atoms with van der Waals surface area (Å²) in [6.07, 6.45) is 6.94. The van der Waals surface area contributed by atoms with Crippen molar-refractivity contribution < 1.29 is 9.13 Å². The highest BCUT2D eigenvalue weighted by Gasteiger charge is 2.19. The van der Waals surface area contributed by atoms with Crippen LogP contribution in [0.4, 0.5) is 10.1 Å². The van der Waals surface area contributed by atoms with Crippen LogP contribution in [-0.2, 0) is 4.74 Å². The second-order valence-electron chi connectivity index (χ2n) is 5.67. The highest BCUT2D eigenvalue weighted by Crippen LogP contribution is 2.37. The molecule has 1 aromatic rings. The SMILES string of the molecule is Fc1cc(Cl)c(SC2CCCCO2)cc1NC(=S)N1CCCC=N1. The third-order valence-corrected chi connectivity index (χ3v) is 5.78. The third-order valence-electron chi connectivity index (χ3n) is 3.82. The summed E-state index contributed by atoms with van der Waals surface area (Å²) in [5, 5.41) is 9.61. The third kappa shape index (κ3) is 4.59. The molecule has 0 amide bonds. The Hall–Kier alpha value is -0.890. The van der Waals surface area contributed by atoms with Crippen molar-refractivity contribution in [3.05, 3.63) is 23.0 Å². The maximum absolute atomic E-state index is 14.2. The van der Waals surface area contributed by atoms with Crippen LogP contribution in [0.2, 0.25) is 5.02 Å². The normalized spacial score (nSPS) is 20.9. The largest absolute Gasteiger partial charge is 0.367 e. The lowest BCUT2D eigenvalue weighted by atomic mass is 10.2. The van der Waals surface area contributed by atoms with Gasteiger partial charge in [0.1, 0.15) is 11.3 Å². The van der Waals surface area contributed by atoms with Crippen LogP contribution >= 0.6 is 35.6 Å². The summed E-state index contributed by atoms with van der Waals surface area (Å²) in [7, 11) is 0. The number of thiocarbonyl (C=S) groups is 1. The number of hydrazone groups is 1. The first-order chi connectivity index (χ1) is 11.6.